The van der Waals surface area contributed by atoms with Crippen LogP contribution in [0.25, 0.3) is 0 Å². The molecule has 0 spiro atoms. The Bertz CT molecular complexity index is 709. The lowest BCUT2D eigenvalue weighted by molar-refractivity contribution is 0.414. The van der Waals surface area contributed by atoms with Gasteiger partial charge in [0, 0.05) is 20.7 Å². The van der Waals surface area contributed by atoms with Gasteiger partial charge in [0.25, 0.3) is 0 Å². The Morgan fingerprint density at radius 1 is 1.32 bits per heavy atom. The minimum atomic E-state index is 0.368. The first-order chi connectivity index (χ1) is 10.6. The van der Waals surface area contributed by atoms with E-state index in [0.29, 0.717) is 10.1 Å². The number of hydrogen-bond acceptors (Lipinski definition) is 3. The fourth-order valence-electron chi connectivity index (χ4n) is 1.69. The summed E-state index contributed by atoms with van der Waals surface area (Å²) in [7, 11) is 1.61. The number of benzene rings is 2. The van der Waals surface area contributed by atoms with Gasteiger partial charge < -0.3 is 10.1 Å². The second kappa shape index (κ2) is 8.12. The lowest BCUT2D eigenvalue weighted by Gasteiger charge is -2.07. The Morgan fingerprint density at radius 2 is 2.14 bits per heavy atom. The predicted molar refractivity (Wildman–Crippen MR) is 99.1 cm³/mol. The van der Waals surface area contributed by atoms with Crippen LogP contribution in [-0.4, -0.2) is 18.4 Å². The Kier molecular flexibility index (Phi) is 6.18. The van der Waals surface area contributed by atoms with E-state index < -0.39 is 0 Å². The Labute approximate surface area is 147 Å². The normalized spacial score (nSPS) is 10.5. The van der Waals surface area contributed by atoms with Crippen LogP contribution in [0.15, 0.2) is 52.0 Å². The van der Waals surface area contributed by atoms with E-state index in [0.717, 1.165) is 21.5 Å². The summed E-state index contributed by atoms with van der Waals surface area (Å²) in [6.07, 6.45) is 1.63. The van der Waals surface area contributed by atoms with Crippen molar-refractivity contribution < 1.29 is 4.74 Å². The van der Waals surface area contributed by atoms with Gasteiger partial charge in [-0.15, -0.1) is 0 Å². The maximum absolute atomic E-state index is 5.91. The molecule has 2 aromatic carbocycles. The molecular weight excluding hydrogens is 386 g/mol. The van der Waals surface area contributed by atoms with Crippen molar-refractivity contribution in [2.24, 2.45) is 5.10 Å². The monoisotopic (exact) mass is 397 g/mol. The molecule has 0 heterocycles. The summed E-state index contributed by atoms with van der Waals surface area (Å²) in [5.74, 6) is 0.725. The van der Waals surface area contributed by atoms with Crippen LogP contribution >= 0.6 is 39.7 Å². The molecule has 0 aliphatic rings. The van der Waals surface area contributed by atoms with Crippen LogP contribution in [0.3, 0.4) is 0 Å². The molecule has 0 saturated carbocycles. The molecule has 114 valence electrons. The molecule has 0 aliphatic carbocycles. The number of hydrazone groups is 1. The van der Waals surface area contributed by atoms with Gasteiger partial charge in [0.15, 0.2) is 5.11 Å². The van der Waals surface area contributed by atoms with Gasteiger partial charge in [-0.05, 0) is 48.6 Å². The number of rotatable bonds is 4. The van der Waals surface area contributed by atoms with Gasteiger partial charge >= 0.3 is 0 Å². The molecule has 2 N–H and O–H groups in total. The number of hydrogen-bond donors (Lipinski definition) is 2. The number of ether oxygens (including phenoxy) is 1. The topological polar surface area (TPSA) is 45.6 Å². The van der Waals surface area contributed by atoms with E-state index in [2.05, 4.69) is 31.8 Å². The van der Waals surface area contributed by atoms with E-state index in [1.165, 1.54) is 0 Å². The highest BCUT2D eigenvalue weighted by atomic mass is 79.9. The van der Waals surface area contributed by atoms with Gasteiger partial charge in [-0.1, -0.05) is 33.6 Å². The molecule has 0 radical (unpaired) electrons. The number of nitrogens with one attached hydrogen (secondary N) is 2. The number of thiocarbonyl (C=S) groups is 1. The molecule has 7 heteroatoms. The van der Waals surface area contributed by atoms with E-state index in [-0.39, 0.29) is 0 Å². The van der Waals surface area contributed by atoms with Gasteiger partial charge in [-0.3, -0.25) is 5.43 Å². The molecular formula is C15H13BrClN3OS. The summed E-state index contributed by atoms with van der Waals surface area (Å²) in [6, 6.07) is 12.9. The van der Waals surface area contributed by atoms with Crippen LogP contribution in [0.2, 0.25) is 5.02 Å². The van der Waals surface area contributed by atoms with E-state index >= 15 is 0 Å². The smallest absolute Gasteiger partial charge is 0.191 e. The third-order valence-corrected chi connectivity index (χ3v) is 3.57. The molecule has 2 aromatic rings. The fraction of sp³-hybridized carbons (Fsp3) is 0.0667. The predicted octanol–water partition coefficient (Wildman–Crippen LogP) is 4.43. The zero-order valence-corrected chi connectivity index (χ0v) is 14.8. The van der Waals surface area contributed by atoms with Gasteiger partial charge in [0.1, 0.15) is 5.75 Å². The molecule has 4 nitrogen and oxygen atoms in total. The maximum Gasteiger partial charge on any atom is 0.191 e. The van der Waals surface area contributed by atoms with E-state index in [1.807, 2.05) is 30.3 Å². The molecule has 0 atom stereocenters. The van der Waals surface area contributed by atoms with Gasteiger partial charge in [0.2, 0.25) is 0 Å². The van der Waals surface area contributed by atoms with Crippen LogP contribution in [0.4, 0.5) is 5.69 Å². The van der Waals surface area contributed by atoms with Crippen molar-refractivity contribution in [3.05, 3.63) is 57.5 Å². The Morgan fingerprint density at radius 3 is 2.86 bits per heavy atom. The first kappa shape index (κ1) is 16.7. The summed E-state index contributed by atoms with van der Waals surface area (Å²) >= 11 is 14.5. The minimum Gasteiger partial charge on any atom is -0.496 e. The van der Waals surface area contributed by atoms with Crippen LogP contribution in [0, 0.1) is 0 Å². The quantitative estimate of drug-likeness (QED) is 0.454. The molecule has 0 amide bonds. The highest BCUT2D eigenvalue weighted by Crippen LogP contribution is 2.21. The molecule has 0 bridgehead atoms. The van der Waals surface area contributed by atoms with Crippen LogP contribution in [0.1, 0.15) is 5.56 Å². The van der Waals surface area contributed by atoms with Gasteiger partial charge in [-0.2, -0.15) is 5.10 Å². The van der Waals surface area contributed by atoms with Crippen molar-refractivity contribution >= 4 is 56.8 Å². The number of anilines is 1. The van der Waals surface area contributed by atoms with Crippen molar-refractivity contribution in [3.8, 4) is 5.75 Å². The minimum absolute atomic E-state index is 0.368. The van der Waals surface area contributed by atoms with Crippen LogP contribution < -0.4 is 15.5 Å². The average molecular weight is 399 g/mol. The van der Waals surface area contributed by atoms with Crippen molar-refractivity contribution in [1.29, 1.82) is 0 Å². The molecule has 0 saturated heterocycles. The van der Waals surface area contributed by atoms with Crippen LogP contribution in [-0.2, 0) is 0 Å². The first-order valence-corrected chi connectivity index (χ1v) is 7.85. The van der Waals surface area contributed by atoms with E-state index in [9.17, 15) is 0 Å². The molecule has 0 unspecified atom stereocenters. The molecule has 0 aliphatic heterocycles. The third-order valence-electron chi connectivity index (χ3n) is 2.64. The summed E-state index contributed by atoms with van der Waals surface area (Å²) in [5.41, 5.74) is 4.37. The third kappa shape index (κ3) is 4.98. The van der Waals surface area contributed by atoms with Crippen molar-refractivity contribution in [3.63, 3.8) is 0 Å². The summed E-state index contributed by atoms with van der Waals surface area (Å²) in [6.45, 7) is 0. The van der Waals surface area contributed by atoms with Crippen molar-refractivity contribution in [2.45, 2.75) is 0 Å². The lowest BCUT2D eigenvalue weighted by Crippen LogP contribution is -2.23. The largest absolute Gasteiger partial charge is 0.496 e. The molecule has 0 aromatic heterocycles. The SMILES string of the molecule is COc1ccc(Br)cc1/C=N/NC(=S)Nc1cccc(Cl)c1. The average Bonchev–Trinajstić information content (AvgIpc) is 2.47. The maximum atomic E-state index is 5.91. The lowest BCUT2D eigenvalue weighted by atomic mass is 10.2. The van der Waals surface area contributed by atoms with E-state index in [4.69, 9.17) is 28.6 Å². The fourth-order valence-corrected chi connectivity index (χ4v) is 2.43. The van der Waals surface area contributed by atoms with E-state index in [1.54, 1.807) is 25.5 Å². The van der Waals surface area contributed by atoms with Crippen LogP contribution in [0.5, 0.6) is 5.75 Å². The van der Waals surface area contributed by atoms with Crippen molar-refractivity contribution in [1.82, 2.24) is 5.43 Å². The van der Waals surface area contributed by atoms with Crippen molar-refractivity contribution in [2.75, 3.05) is 12.4 Å². The number of methoxy groups -OCH3 is 1. The number of halogens is 2. The highest BCUT2D eigenvalue weighted by Gasteiger charge is 2.01. The second-order valence-electron chi connectivity index (χ2n) is 4.22. The number of nitrogens with zero attached hydrogens (tertiary/aromatic N) is 1. The molecule has 22 heavy (non-hydrogen) atoms. The van der Waals surface area contributed by atoms with Gasteiger partial charge in [-0.25, -0.2) is 0 Å². The standard InChI is InChI=1S/C15H13BrClN3OS/c1-21-14-6-5-11(16)7-10(14)9-18-20-15(22)19-13-4-2-3-12(17)8-13/h2-9H,1H3,(H2,19,20,22)/b18-9+. The summed E-state index contributed by atoms with van der Waals surface area (Å²) < 4.78 is 6.20. The second-order valence-corrected chi connectivity index (χ2v) is 5.98. The Balaban J connectivity index is 1.97. The zero-order valence-electron chi connectivity index (χ0n) is 11.6. The zero-order chi connectivity index (χ0) is 15.9. The molecule has 0 fully saturated rings. The summed E-state index contributed by atoms with van der Waals surface area (Å²) in [5, 5.41) is 8.09. The first-order valence-electron chi connectivity index (χ1n) is 6.27. The Hall–Kier alpha value is -1.63. The highest BCUT2D eigenvalue weighted by molar-refractivity contribution is 9.10. The summed E-state index contributed by atoms with van der Waals surface area (Å²) in [4.78, 5) is 0. The van der Waals surface area contributed by atoms with Gasteiger partial charge in [0.05, 0.1) is 13.3 Å². The molecule has 2 rings (SSSR count).